The summed E-state index contributed by atoms with van der Waals surface area (Å²) in [6.45, 7) is 2.92. The van der Waals surface area contributed by atoms with Crippen LogP contribution >= 0.6 is 15.9 Å². The van der Waals surface area contributed by atoms with Gasteiger partial charge in [-0.2, -0.15) is 4.31 Å². The maximum atomic E-state index is 13.0. The van der Waals surface area contributed by atoms with Gasteiger partial charge in [-0.3, -0.25) is 4.79 Å². The number of amides is 1. The van der Waals surface area contributed by atoms with Gasteiger partial charge >= 0.3 is 6.36 Å². The molecule has 0 atom stereocenters. The Morgan fingerprint density at radius 2 is 1.74 bits per heavy atom. The van der Waals surface area contributed by atoms with Crippen molar-refractivity contribution >= 4 is 37.5 Å². The lowest BCUT2D eigenvalue weighted by Gasteiger charge is -2.29. The van der Waals surface area contributed by atoms with Gasteiger partial charge in [0.1, 0.15) is 5.75 Å². The van der Waals surface area contributed by atoms with E-state index < -0.39 is 28.0 Å². The third kappa shape index (κ3) is 6.20. The van der Waals surface area contributed by atoms with Crippen LogP contribution in [-0.2, 0) is 10.0 Å². The van der Waals surface area contributed by atoms with Crippen LogP contribution in [0.2, 0.25) is 0 Å². The molecule has 0 unspecified atom stereocenters. The normalized spacial score (nSPS) is 16.2. The summed E-state index contributed by atoms with van der Waals surface area (Å²) in [6, 6.07) is 8.83. The molecule has 1 saturated heterocycles. The van der Waals surface area contributed by atoms with Crippen LogP contribution in [0.15, 0.2) is 51.8 Å². The number of halogens is 4. The number of carbonyl (C=O) groups is 1. The molecule has 1 fully saturated rings. The number of nitrogens with one attached hydrogen (secondary N) is 1. The number of alkyl halides is 3. The third-order valence-electron chi connectivity index (χ3n) is 4.86. The first-order valence-corrected chi connectivity index (χ1v) is 11.7. The van der Waals surface area contributed by atoms with Crippen LogP contribution in [-0.4, -0.2) is 38.1 Å². The number of nitrogens with zero attached hydrogens (tertiary/aromatic N) is 1. The second-order valence-electron chi connectivity index (χ2n) is 7.29. The average molecular weight is 521 g/mol. The van der Waals surface area contributed by atoms with Crippen LogP contribution in [0.1, 0.15) is 30.1 Å². The molecule has 1 heterocycles. The molecule has 11 heteroatoms. The Hall–Kier alpha value is -2.11. The quantitative estimate of drug-likeness (QED) is 0.600. The van der Waals surface area contributed by atoms with Crippen LogP contribution in [0.3, 0.4) is 0 Å². The van der Waals surface area contributed by atoms with Crippen LogP contribution < -0.4 is 10.1 Å². The second kappa shape index (κ2) is 9.17. The zero-order chi connectivity index (χ0) is 22.8. The minimum Gasteiger partial charge on any atom is -0.406 e. The molecule has 0 spiro atoms. The molecule has 0 aromatic heterocycles. The number of hydrogen-bond donors (Lipinski definition) is 1. The van der Waals surface area contributed by atoms with E-state index in [1.807, 2.05) is 0 Å². The minimum absolute atomic E-state index is 0.00416. The van der Waals surface area contributed by atoms with E-state index in [9.17, 15) is 26.4 Å². The standard InChI is InChI=1S/C20H20BrF3N2O4S/c1-13-6-8-26(9-7-13)31(28,29)18-11-14(10-15(21)12-18)19(27)25-16-2-4-17(5-3-16)30-20(22,23)24/h2-5,10-13H,6-9H2,1H3,(H,25,27). The number of benzene rings is 2. The predicted octanol–water partition coefficient (Wildman–Crippen LogP) is 5.02. The highest BCUT2D eigenvalue weighted by molar-refractivity contribution is 9.10. The van der Waals surface area contributed by atoms with Crippen molar-refractivity contribution < 1.29 is 31.1 Å². The molecule has 0 bridgehead atoms. The molecule has 0 aliphatic carbocycles. The fraction of sp³-hybridized carbons (Fsp3) is 0.350. The molecule has 1 aliphatic heterocycles. The number of sulfonamides is 1. The fourth-order valence-electron chi connectivity index (χ4n) is 3.16. The van der Waals surface area contributed by atoms with E-state index >= 15 is 0 Å². The van der Waals surface area contributed by atoms with Gasteiger partial charge in [0.25, 0.3) is 5.91 Å². The maximum absolute atomic E-state index is 13.0. The molecule has 6 nitrogen and oxygen atoms in total. The van der Waals surface area contributed by atoms with Crippen LogP contribution in [0.5, 0.6) is 5.75 Å². The molecular weight excluding hydrogens is 501 g/mol. The Balaban J connectivity index is 1.77. The Morgan fingerprint density at radius 3 is 2.32 bits per heavy atom. The topological polar surface area (TPSA) is 75.7 Å². The van der Waals surface area contributed by atoms with Gasteiger partial charge in [0, 0.05) is 28.8 Å². The highest BCUT2D eigenvalue weighted by atomic mass is 79.9. The highest BCUT2D eigenvalue weighted by Gasteiger charge is 2.31. The van der Waals surface area contributed by atoms with Crippen LogP contribution in [0.4, 0.5) is 18.9 Å². The van der Waals surface area contributed by atoms with Crippen LogP contribution in [0.25, 0.3) is 0 Å². The Morgan fingerprint density at radius 1 is 1.13 bits per heavy atom. The fourth-order valence-corrected chi connectivity index (χ4v) is 5.35. The molecule has 2 aromatic rings. The number of hydrogen-bond acceptors (Lipinski definition) is 4. The van der Waals surface area contributed by atoms with Crippen molar-refractivity contribution in [2.24, 2.45) is 5.92 Å². The lowest BCUT2D eigenvalue weighted by molar-refractivity contribution is -0.274. The van der Waals surface area contributed by atoms with E-state index in [-0.39, 0.29) is 16.1 Å². The summed E-state index contributed by atoms with van der Waals surface area (Å²) in [5, 5.41) is 2.53. The lowest BCUT2D eigenvalue weighted by Crippen LogP contribution is -2.38. The van der Waals surface area contributed by atoms with Gasteiger partial charge in [0.15, 0.2) is 0 Å². The van der Waals surface area contributed by atoms with Gasteiger partial charge in [0.2, 0.25) is 10.0 Å². The zero-order valence-electron chi connectivity index (χ0n) is 16.4. The molecule has 168 valence electrons. The first-order chi connectivity index (χ1) is 14.4. The summed E-state index contributed by atoms with van der Waals surface area (Å²) in [6.07, 6.45) is -3.27. The number of piperidine rings is 1. The number of anilines is 1. The molecule has 3 rings (SSSR count). The van der Waals surface area contributed by atoms with E-state index in [4.69, 9.17) is 0 Å². The monoisotopic (exact) mass is 520 g/mol. The molecule has 2 aromatic carbocycles. The summed E-state index contributed by atoms with van der Waals surface area (Å²) in [5.41, 5.74) is 0.322. The largest absolute Gasteiger partial charge is 0.573 e. The summed E-state index contributed by atoms with van der Waals surface area (Å²) in [4.78, 5) is 12.6. The van der Waals surface area contributed by atoms with Gasteiger partial charge in [-0.05, 0) is 61.2 Å². The smallest absolute Gasteiger partial charge is 0.406 e. The van der Waals surface area contributed by atoms with Gasteiger partial charge in [-0.25, -0.2) is 8.42 Å². The molecular formula is C20H20BrF3N2O4S. The molecule has 0 saturated carbocycles. The van der Waals surface area contributed by atoms with Gasteiger partial charge in [-0.15, -0.1) is 13.2 Å². The SMILES string of the molecule is CC1CCN(S(=O)(=O)c2cc(Br)cc(C(=O)Nc3ccc(OC(F)(F)F)cc3)c2)CC1. The van der Waals surface area contributed by atoms with Gasteiger partial charge in [0.05, 0.1) is 4.90 Å². The van der Waals surface area contributed by atoms with Crippen molar-refractivity contribution in [1.29, 1.82) is 0 Å². The first kappa shape index (κ1) is 23.6. The van der Waals surface area contributed by atoms with Crippen molar-refractivity contribution in [3.63, 3.8) is 0 Å². The number of ether oxygens (including phenoxy) is 1. The lowest BCUT2D eigenvalue weighted by atomic mass is 10.0. The van der Waals surface area contributed by atoms with E-state index in [0.717, 1.165) is 25.0 Å². The zero-order valence-corrected chi connectivity index (χ0v) is 18.9. The molecule has 0 radical (unpaired) electrons. The van der Waals surface area contributed by atoms with E-state index in [2.05, 4.69) is 32.9 Å². The summed E-state index contributed by atoms with van der Waals surface area (Å²) < 4.78 is 68.4. The van der Waals surface area contributed by atoms with Gasteiger partial charge in [-0.1, -0.05) is 22.9 Å². The van der Waals surface area contributed by atoms with Crippen LogP contribution in [0, 0.1) is 5.92 Å². The summed E-state index contributed by atoms with van der Waals surface area (Å²) in [5.74, 6) is -0.560. The second-order valence-corrected chi connectivity index (χ2v) is 10.1. The van der Waals surface area contributed by atoms with Crippen molar-refractivity contribution in [2.45, 2.75) is 31.0 Å². The maximum Gasteiger partial charge on any atom is 0.573 e. The minimum atomic E-state index is -4.81. The Kier molecular flexibility index (Phi) is 6.97. The van der Waals surface area contributed by atoms with E-state index in [1.165, 1.54) is 34.6 Å². The third-order valence-corrected chi connectivity index (χ3v) is 7.19. The number of rotatable bonds is 5. The van der Waals surface area contributed by atoms with E-state index in [1.54, 1.807) is 0 Å². The average Bonchev–Trinajstić information content (AvgIpc) is 2.68. The molecule has 31 heavy (non-hydrogen) atoms. The van der Waals surface area contributed by atoms with E-state index in [0.29, 0.717) is 23.5 Å². The molecule has 1 N–H and O–H groups in total. The number of carbonyl (C=O) groups excluding carboxylic acids is 1. The molecule has 1 aliphatic rings. The summed E-state index contributed by atoms with van der Waals surface area (Å²) >= 11 is 3.24. The van der Waals surface area contributed by atoms with Gasteiger partial charge < -0.3 is 10.1 Å². The Labute approximate surface area is 186 Å². The van der Waals surface area contributed by atoms with Crippen molar-refractivity contribution in [3.8, 4) is 5.75 Å². The Bertz CT molecular complexity index is 1050. The highest BCUT2D eigenvalue weighted by Crippen LogP contribution is 2.28. The van der Waals surface area contributed by atoms with Crippen molar-refractivity contribution in [1.82, 2.24) is 4.31 Å². The summed E-state index contributed by atoms with van der Waals surface area (Å²) in [7, 11) is -3.76. The molecule has 1 amide bonds. The first-order valence-electron chi connectivity index (χ1n) is 9.42. The van der Waals surface area contributed by atoms with Crippen molar-refractivity contribution in [3.05, 3.63) is 52.5 Å². The van der Waals surface area contributed by atoms with Crippen molar-refractivity contribution in [2.75, 3.05) is 18.4 Å². The predicted molar refractivity (Wildman–Crippen MR) is 112 cm³/mol.